The van der Waals surface area contributed by atoms with E-state index in [0.29, 0.717) is 35.8 Å². The largest absolute Gasteiger partial charge is 0.447 e. The number of H-pyrrole nitrogens is 1. The number of nitrogens with zero attached hydrogens (tertiary/aromatic N) is 4. The number of nitrogens with one attached hydrogen (secondary N) is 1. The van der Waals surface area contributed by atoms with Crippen LogP contribution in [0, 0.1) is 5.82 Å². The lowest BCUT2D eigenvalue weighted by Gasteiger charge is -2.23. The Morgan fingerprint density at radius 1 is 1.33 bits per heavy atom. The molecular formula is C24H30ClFN6O4. The molecule has 0 saturated carbocycles. The van der Waals surface area contributed by atoms with Crippen molar-refractivity contribution in [2.24, 2.45) is 0 Å². The quantitative estimate of drug-likeness (QED) is 0.466. The van der Waals surface area contributed by atoms with Gasteiger partial charge >= 0.3 is 6.09 Å². The molecule has 36 heavy (non-hydrogen) atoms. The summed E-state index contributed by atoms with van der Waals surface area (Å²) in [5.74, 6) is 0.0329. The molecule has 2 saturated heterocycles. The number of carbonyl (C=O) groups is 1. The first-order valence-electron chi connectivity index (χ1n) is 11.9. The third-order valence-corrected chi connectivity index (χ3v) is 6.15. The number of nitrogen functional groups attached to an aromatic ring is 1. The Morgan fingerprint density at radius 3 is 2.81 bits per heavy atom. The van der Waals surface area contributed by atoms with E-state index in [1.54, 1.807) is 24.8 Å². The van der Waals surface area contributed by atoms with Crippen LogP contribution in [0.2, 0.25) is 5.02 Å². The van der Waals surface area contributed by atoms with Crippen molar-refractivity contribution in [3.8, 4) is 11.3 Å². The van der Waals surface area contributed by atoms with E-state index in [1.165, 1.54) is 12.3 Å². The fourth-order valence-corrected chi connectivity index (χ4v) is 4.43. The van der Waals surface area contributed by atoms with E-state index < -0.39 is 11.9 Å². The standard InChI is InChI=1S/C19H20ClFN6O2.C5H10O2/c1-9(2)29-19(28)27-5-3-4-14(27)17-24-13-7-10(6-12(21)16(13)25-17)15-11(20)8-23-18(22)26-15;6-5-2-1-3-7-4-5/h6-9,14H,3-5H2,1-2H3,(H,24,25)(H2,22,23,26);5-6H,1-4H2. The molecule has 1 aromatic carbocycles. The van der Waals surface area contributed by atoms with Gasteiger partial charge in [-0.1, -0.05) is 11.6 Å². The minimum atomic E-state index is -0.525. The number of aromatic amines is 1. The van der Waals surface area contributed by atoms with Gasteiger partial charge in [-0.3, -0.25) is 4.90 Å². The molecular weight excluding hydrogens is 491 g/mol. The maximum absolute atomic E-state index is 14.8. The van der Waals surface area contributed by atoms with Crippen LogP contribution in [0.15, 0.2) is 18.3 Å². The summed E-state index contributed by atoms with van der Waals surface area (Å²) in [5, 5.41) is 9.04. The number of hydrogen-bond donors (Lipinski definition) is 3. The van der Waals surface area contributed by atoms with Gasteiger partial charge < -0.3 is 25.3 Å². The Labute approximate surface area is 213 Å². The third-order valence-electron chi connectivity index (χ3n) is 5.87. The van der Waals surface area contributed by atoms with Crippen molar-refractivity contribution in [1.29, 1.82) is 0 Å². The van der Waals surface area contributed by atoms with Gasteiger partial charge in [-0.15, -0.1) is 0 Å². The zero-order valence-corrected chi connectivity index (χ0v) is 21.0. The average molecular weight is 521 g/mol. The molecule has 10 nitrogen and oxygen atoms in total. The zero-order valence-electron chi connectivity index (χ0n) is 20.2. The molecule has 194 valence electrons. The number of amides is 1. The Morgan fingerprint density at radius 2 is 2.14 bits per heavy atom. The highest BCUT2D eigenvalue weighted by Crippen LogP contribution is 2.34. The summed E-state index contributed by atoms with van der Waals surface area (Å²) in [5.41, 5.74) is 7.08. The van der Waals surface area contributed by atoms with Gasteiger partial charge in [0, 0.05) is 18.7 Å². The zero-order chi connectivity index (χ0) is 25.8. The number of rotatable bonds is 3. The number of ether oxygens (including phenoxy) is 2. The predicted molar refractivity (Wildman–Crippen MR) is 133 cm³/mol. The van der Waals surface area contributed by atoms with E-state index in [-0.39, 0.29) is 34.7 Å². The SMILES string of the molecule is CC(C)OC(=O)N1CCCC1c1nc2c(F)cc(-c3nc(N)ncc3Cl)cc2[nH]1.OC1CCCOC1. The number of nitrogens with two attached hydrogens (primary N) is 1. The maximum Gasteiger partial charge on any atom is 0.410 e. The van der Waals surface area contributed by atoms with Crippen molar-refractivity contribution in [2.75, 3.05) is 25.5 Å². The second kappa shape index (κ2) is 11.4. The molecule has 2 atom stereocenters. The van der Waals surface area contributed by atoms with Crippen molar-refractivity contribution in [3.63, 3.8) is 0 Å². The van der Waals surface area contributed by atoms with Crippen molar-refractivity contribution >= 4 is 34.7 Å². The number of likely N-dealkylation sites (tertiary alicyclic amines) is 1. The summed E-state index contributed by atoms with van der Waals surface area (Å²) in [7, 11) is 0. The van der Waals surface area contributed by atoms with E-state index in [0.717, 1.165) is 32.3 Å². The second-order valence-electron chi connectivity index (χ2n) is 9.06. The van der Waals surface area contributed by atoms with Crippen molar-refractivity contribution in [2.45, 2.75) is 57.8 Å². The molecule has 2 unspecified atom stereocenters. The van der Waals surface area contributed by atoms with Crippen LogP contribution in [-0.2, 0) is 9.47 Å². The molecule has 0 bridgehead atoms. The number of aliphatic hydroxyl groups is 1. The summed E-state index contributed by atoms with van der Waals surface area (Å²) >= 11 is 6.15. The van der Waals surface area contributed by atoms with Crippen LogP contribution >= 0.6 is 11.6 Å². The first-order chi connectivity index (χ1) is 17.2. The summed E-state index contributed by atoms with van der Waals surface area (Å²) in [6.45, 7) is 5.53. The first kappa shape index (κ1) is 26.1. The summed E-state index contributed by atoms with van der Waals surface area (Å²) in [6, 6.07) is 2.71. The highest BCUT2D eigenvalue weighted by Gasteiger charge is 2.34. The monoisotopic (exact) mass is 520 g/mol. The van der Waals surface area contributed by atoms with Crippen LogP contribution in [0.1, 0.15) is 51.4 Å². The topological polar surface area (TPSA) is 139 Å². The molecule has 2 fully saturated rings. The number of hydrogen-bond acceptors (Lipinski definition) is 8. The molecule has 0 radical (unpaired) electrons. The van der Waals surface area contributed by atoms with Gasteiger partial charge in [0.15, 0.2) is 5.82 Å². The molecule has 2 aliphatic heterocycles. The smallest absolute Gasteiger partial charge is 0.410 e. The second-order valence-corrected chi connectivity index (χ2v) is 9.46. The van der Waals surface area contributed by atoms with Crippen LogP contribution in [-0.4, -0.2) is 68.0 Å². The van der Waals surface area contributed by atoms with Crippen LogP contribution in [0.5, 0.6) is 0 Å². The van der Waals surface area contributed by atoms with Crippen molar-refractivity contribution < 1.29 is 23.8 Å². The molecule has 2 aliphatic rings. The highest BCUT2D eigenvalue weighted by atomic mass is 35.5. The number of imidazole rings is 1. The highest BCUT2D eigenvalue weighted by molar-refractivity contribution is 6.33. The average Bonchev–Trinajstić information content (AvgIpc) is 3.48. The fourth-order valence-electron chi connectivity index (χ4n) is 4.23. The minimum Gasteiger partial charge on any atom is -0.447 e. The van der Waals surface area contributed by atoms with Crippen LogP contribution in [0.25, 0.3) is 22.3 Å². The molecule has 0 aliphatic carbocycles. The van der Waals surface area contributed by atoms with Crippen LogP contribution in [0.4, 0.5) is 15.1 Å². The number of carbonyl (C=O) groups excluding carboxylic acids is 1. The molecule has 2 aromatic heterocycles. The van der Waals surface area contributed by atoms with E-state index >= 15 is 0 Å². The van der Waals surface area contributed by atoms with Crippen LogP contribution < -0.4 is 5.73 Å². The summed E-state index contributed by atoms with van der Waals surface area (Å²) in [6.07, 6.45) is 4.04. The fraction of sp³-hybridized carbons (Fsp3) is 0.500. The van der Waals surface area contributed by atoms with E-state index in [9.17, 15) is 9.18 Å². The number of fused-ring (bicyclic) bond motifs is 1. The molecule has 12 heteroatoms. The Bertz CT molecular complexity index is 1220. The lowest BCUT2D eigenvalue weighted by molar-refractivity contribution is -0.00535. The van der Waals surface area contributed by atoms with Gasteiger partial charge in [0.25, 0.3) is 0 Å². The van der Waals surface area contributed by atoms with Gasteiger partial charge in [0.1, 0.15) is 11.3 Å². The van der Waals surface area contributed by atoms with E-state index in [4.69, 9.17) is 31.9 Å². The number of aromatic nitrogens is 4. The number of anilines is 1. The lowest BCUT2D eigenvalue weighted by atomic mass is 10.1. The Balaban J connectivity index is 0.000000375. The van der Waals surface area contributed by atoms with Gasteiger partial charge in [0.2, 0.25) is 5.95 Å². The van der Waals surface area contributed by atoms with E-state index in [2.05, 4.69) is 19.9 Å². The van der Waals surface area contributed by atoms with Gasteiger partial charge in [-0.05, 0) is 51.7 Å². The molecule has 4 N–H and O–H groups in total. The minimum absolute atomic E-state index is 0.0421. The van der Waals surface area contributed by atoms with Crippen LogP contribution in [0.3, 0.4) is 0 Å². The molecule has 0 spiro atoms. The van der Waals surface area contributed by atoms with Crippen molar-refractivity contribution in [1.82, 2.24) is 24.8 Å². The van der Waals surface area contributed by atoms with Gasteiger partial charge in [-0.25, -0.2) is 24.1 Å². The number of benzene rings is 1. The van der Waals surface area contributed by atoms with Gasteiger partial charge in [0.05, 0.1) is 47.3 Å². The van der Waals surface area contributed by atoms with E-state index in [1.807, 2.05) is 0 Å². The molecule has 5 rings (SSSR count). The Hall–Kier alpha value is -3.02. The molecule has 3 aromatic rings. The molecule has 4 heterocycles. The predicted octanol–water partition coefficient (Wildman–Crippen LogP) is 4.23. The Kier molecular flexibility index (Phi) is 8.22. The summed E-state index contributed by atoms with van der Waals surface area (Å²) in [4.78, 5) is 29.5. The van der Waals surface area contributed by atoms with Gasteiger partial charge in [-0.2, -0.15) is 0 Å². The number of halogens is 2. The normalized spacial score (nSPS) is 19.9. The van der Waals surface area contributed by atoms with Crippen molar-refractivity contribution in [3.05, 3.63) is 35.0 Å². The third kappa shape index (κ3) is 6.03. The lowest BCUT2D eigenvalue weighted by Crippen LogP contribution is -2.33. The molecule has 1 amide bonds. The maximum atomic E-state index is 14.8. The summed E-state index contributed by atoms with van der Waals surface area (Å²) < 4.78 is 25.0. The first-order valence-corrected chi connectivity index (χ1v) is 12.3. The number of aliphatic hydroxyl groups excluding tert-OH is 1.